The highest BCUT2D eigenvalue weighted by Crippen LogP contribution is 2.33. The Kier molecular flexibility index (Phi) is 6.08. The van der Waals surface area contributed by atoms with Crippen molar-refractivity contribution in [2.45, 2.75) is 51.1 Å². The molecule has 0 N–H and O–H groups in total. The van der Waals surface area contributed by atoms with E-state index in [0.717, 1.165) is 36.1 Å². The Bertz CT molecular complexity index is 1060. The lowest BCUT2D eigenvalue weighted by Gasteiger charge is -2.33. The predicted molar refractivity (Wildman–Crippen MR) is 118 cm³/mol. The number of carbonyl (C=O) groups excluding carboxylic acids is 4. The average molecular weight is 434 g/mol. The molecule has 0 spiro atoms. The first kappa shape index (κ1) is 21.7. The molecule has 0 bridgehead atoms. The molecule has 32 heavy (non-hydrogen) atoms. The fraction of sp³-hybridized carbons (Fsp3) is 0.360. The molecule has 1 unspecified atom stereocenters. The molecule has 2 fully saturated rings. The van der Waals surface area contributed by atoms with Gasteiger partial charge in [0.15, 0.2) is 0 Å². The van der Waals surface area contributed by atoms with Gasteiger partial charge in [-0.25, -0.2) is 9.69 Å². The topological polar surface area (TPSA) is 84.0 Å². The molecule has 3 amide bonds. The third-order valence-corrected chi connectivity index (χ3v) is 6.22. The molecule has 0 radical (unpaired) electrons. The summed E-state index contributed by atoms with van der Waals surface area (Å²) in [6, 6.07) is 12.5. The molecule has 1 aliphatic carbocycles. The molecule has 1 atom stereocenters. The van der Waals surface area contributed by atoms with E-state index >= 15 is 0 Å². The first-order valence-corrected chi connectivity index (χ1v) is 10.8. The fourth-order valence-corrected chi connectivity index (χ4v) is 4.64. The molecule has 4 rings (SSSR count). The molecule has 7 heteroatoms. The highest BCUT2D eigenvalue weighted by Gasteiger charge is 2.47. The van der Waals surface area contributed by atoms with Crippen LogP contribution in [0.5, 0.6) is 0 Å². The van der Waals surface area contributed by atoms with Gasteiger partial charge in [0.05, 0.1) is 24.8 Å². The van der Waals surface area contributed by atoms with E-state index in [2.05, 4.69) is 0 Å². The zero-order valence-electron chi connectivity index (χ0n) is 18.2. The Morgan fingerprint density at radius 2 is 1.69 bits per heavy atom. The van der Waals surface area contributed by atoms with Gasteiger partial charge in [-0.1, -0.05) is 30.5 Å². The Morgan fingerprint density at radius 3 is 2.31 bits per heavy atom. The maximum absolute atomic E-state index is 13.5. The number of aryl methyl sites for hydroxylation is 1. The molecule has 1 saturated heterocycles. The molecule has 2 aromatic carbocycles. The number of nitrogens with zero attached hydrogens (tertiary/aromatic N) is 2. The summed E-state index contributed by atoms with van der Waals surface area (Å²) >= 11 is 0. The second-order valence-electron chi connectivity index (χ2n) is 8.35. The number of rotatable bonds is 5. The number of benzene rings is 2. The van der Waals surface area contributed by atoms with Crippen molar-refractivity contribution in [1.29, 1.82) is 0 Å². The first-order valence-electron chi connectivity index (χ1n) is 10.8. The molecule has 0 aromatic heterocycles. The van der Waals surface area contributed by atoms with Gasteiger partial charge in [-0.3, -0.25) is 14.4 Å². The van der Waals surface area contributed by atoms with Crippen LogP contribution in [0.2, 0.25) is 0 Å². The minimum absolute atomic E-state index is 0.0500. The van der Waals surface area contributed by atoms with Crippen molar-refractivity contribution in [2.24, 2.45) is 0 Å². The van der Waals surface area contributed by atoms with Crippen LogP contribution in [0.4, 0.5) is 5.69 Å². The van der Waals surface area contributed by atoms with E-state index in [0.29, 0.717) is 16.8 Å². The molecule has 166 valence electrons. The van der Waals surface area contributed by atoms with Gasteiger partial charge in [0, 0.05) is 11.6 Å². The highest BCUT2D eigenvalue weighted by atomic mass is 16.5. The van der Waals surface area contributed by atoms with Crippen LogP contribution in [-0.4, -0.2) is 47.8 Å². The number of anilines is 1. The number of ether oxygens (including phenoxy) is 1. The normalized spacial score (nSPS) is 18.8. The summed E-state index contributed by atoms with van der Waals surface area (Å²) < 4.78 is 4.70. The van der Waals surface area contributed by atoms with Crippen LogP contribution >= 0.6 is 0 Å². The minimum Gasteiger partial charge on any atom is -0.465 e. The maximum Gasteiger partial charge on any atom is 0.337 e. The molecule has 7 nitrogen and oxygen atoms in total. The number of hydrogen-bond acceptors (Lipinski definition) is 5. The van der Waals surface area contributed by atoms with E-state index in [1.165, 1.54) is 19.2 Å². The molecule has 2 aromatic rings. The number of imide groups is 1. The van der Waals surface area contributed by atoms with Crippen LogP contribution in [0, 0.1) is 6.92 Å². The van der Waals surface area contributed by atoms with Crippen LogP contribution in [0.25, 0.3) is 0 Å². The van der Waals surface area contributed by atoms with Crippen molar-refractivity contribution in [3.8, 4) is 0 Å². The maximum atomic E-state index is 13.5. The van der Waals surface area contributed by atoms with Gasteiger partial charge in [-0.15, -0.1) is 0 Å². The zero-order chi connectivity index (χ0) is 22.8. The lowest BCUT2D eigenvalue weighted by atomic mass is 10.0. The second-order valence-corrected chi connectivity index (χ2v) is 8.35. The monoisotopic (exact) mass is 434 g/mol. The van der Waals surface area contributed by atoms with Crippen molar-refractivity contribution >= 4 is 29.4 Å². The Morgan fingerprint density at radius 1 is 1.00 bits per heavy atom. The quantitative estimate of drug-likeness (QED) is 0.531. The van der Waals surface area contributed by atoms with Gasteiger partial charge in [0.25, 0.3) is 11.8 Å². The van der Waals surface area contributed by atoms with E-state index in [-0.39, 0.29) is 24.3 Å². The summed E-state index contributed by atoms with van der Waals surface area (Å²) in [7, 11) is 1.29. The van der Waals surface area contributed by atoms with Gasteiger partial charge < -0.3 is 9.64 Å². The molecule has 1 heterocycles. The molecular formula is C25H26N2O5. The minimum atomic E-state index is -0.834. The zero-order valence-corrected chi connectivity index (χ0v) is 18.2. The summed E-state index contributed by atoms with van der Waals surface area (Å²) in [5.74, 6) is -1.47. The number of esters is 1. The smallest absolute Gasteiger partial charge is 0.337 e. The van der Waals surface area contributed by atoms with Crippen LogP contribution in [-0.2, 0) is 14.3 Å². The van der Waals surface area contributed by atoms with Crippen LogP contribution in [0.1, 0.15) is 58.4 Å². The van der Waals surface area contributed by atoms with Gasteiger partial charge in [-0.05, 0) is 56.2 Å². The largest absolute Gasteiger partial charge is 0.465 e. The fourth-order valence-electron chi connectivity index (χ4n) is 4.64. The van der Waals surface area contributed by atoms with Gasteiger partial charge in [0.2, 0.25) is 5.91 Å². The molecule has 1 saturated carbocycles. The summed E-state index contributed by atoms with van der Waals surface area (Å²) in [5.41, 5.74) is 2.19. The predicted octanol–water partition coefficient (Wildman–Crippen LogP) is 3.50. The summed E-state index contributed by atoms with van der Waals surface area (Å²) in [4.78, 5) is 54.3. The van der Waals surface area contributed by atoms with E-state index in [1.54, 1.807) is 23.1 Å². The third kappa shape index (κ3) is 4.02. The van der Waals surface area contributed by atoms with Gasteiger partial charge in [-0.2, -0.15) is 0 Å². The lowest BCUT2D eigenvalue weighted by Crippen LogP contribution is -2.50. The Hall–Kier alpha value is -3.48. The van der Waals surface area contributed by atoms with Gasteiger partial charge >= 0.3 is 5.97 Å². The van der Waals surface area contributed by atoms with Crippen molar-refractivity contribution in [3.63, 3.8) is 0 Å². The van der Waals surface area contributed by atoms with E-state index in [9.17, 15) is 19.2 Å². The standard InChI is InChI=1S/C25H26N2O5/c1-16-6-5-7-18(14-16)23(29)26(19-8-3-4-9-19)21-15-22(28)27(24(21)30)20-12-10-17(11-13-20)25(31)32-2/h5-7,10-14,19,21H,3-4,8-9,15H2,1-2H3. The number of amides is 3. The summed E-state index contributed by atoms with van der Waals surface area (Å²) in [5, 5.41) is 0. The second kappa shape index (κ2) is 8.94. The van der Waals surface area contributed by atoms with Crippen molar-refractivity contribution in [2.75, 3.05) is 12.0 Å². The summed E-state index contributed by atoms with van der Waals surface area (Å²) in [6.07, 6.45) is 3.59. The molecule has 2 aliphatic rings. The number of carbonyl (C=O) groups is 4. The van der Waals surface area contributed by atoms with E-state index in [1.807, 2.05) is 25.1 Å². The van der Waals surface area contributed by atoms with Crippen molar-refractivity contribution in [1.82, 2.24) is 4.90 Å². The average Bonchev–Trinajstić information content (AvgIpc) is 3.42. The number of methoxy groups -OCH3 is 1. The highest BCUT2D eigenvalue weighted by molar-refractivity contribution is 6.23. The van der Waals surface area contributed by atoms with Gasteiger partial charge in [0.1, 0.15) is 6.04 Å². The molecule has 1 aliphatic heterocycles. The Labute approximate surface area is 187 Å². The first-order chi connectivity index (χ1) is 15.4. The van der Waals surface area contributed by atoms with Crippen LogP contribution in [0.3, 0.4) is 0 Å². The summed E-state index contributed by atoms with van der Waals surface area (Å²) in [6.45, 7) is 1.92. The van der Waals surface area contributed by atoms with E-state index in [4.69, 9.17) is 4.74 Å². The van der Waals surface area contributed by atoms with Crippen molar-refractivity contribution < 1.29 is 23.9 Å². The number of hydrogen-bond donors (Lipinski definition) is 0. The third-order valence-electron chi connectivity index (χ3n) is 6.22. The van der Waals surface area contributed by atoms with Crippen LogP contribution < -0.4 is 4.90 Å². The SMILES string of the molecule is COC(=O)c1ccc(N2C(=O)CC(N(C(=O)c3cccc(C)c3)C3CCCC3)C2=O)cc1. The van der Waals surface area contributed by atoms with E-state index < -0.39 is 17.9 Å². The molecular weight excluding hydrogens is 408 g/mol. The lowest BCUT2D eigenvalue weighted by molar-refractivity contribution is -0.123. The van der Waals surface area contributed by atoms with Crippen LogP contribution in [0.15, 0.2) is 48.5 Å². The Balaban J connectivity index is 1.64. The van der Waals surface area contributed by atoms with Crippen molar-refractivity contribution in [3.05, 3.63) is 65.2 Å².